The Bertz CT molecular complexity index is 933. The molecule has 0 atom stereocenters. The van der Waals surface area contributed by atoms with E-state index in [1.54, 1.807) is 6.07 Å². The number of pyridine rings is 1. The van der Waals surface area contributed by atoms with Gasteiger partial charge >= 0.3 is 0 Å². The molecule has 0 radical (unpaired) electrons. The maximum atomic E-state index is 13.8. The third-order valence-corrected chi connectivity index (χ3v) is 5.52. The average Bonchev–Trinajstić information content (AvgIpc) is 3.35. The lowest BCUT2D eigenvalue weighted by Crippen LogP contribution is -2.46. The highest BCUT2D eigenvalue weighted by Crippen LogP contribution is 2.52. The number of aromatic nitrogens is 1. The first-order chi connectivity index (χ1) is 12.4. The summed E-state index contributed by atoms with van der Waals surface area (Å²) in [6.45, 7) is 0.332. The summed E-state index contributed by atoms with van der Waals surface area (Å²) >= 11 is 9.11. The Morgan fingerprint density at radius 1 is 1.38 bits per heavy atom. The van der Waals surface area contributed by atoms with Crippen LogP contribution in [0, 0.1) is 5.82 Å². The summed E-state index contributed by atoms with van der Waals surface area (Å²) in [7, 11) is 0. The first-order valence-corrected chi connectivity index (χ1v) is 9.25. The Balaban J connectivity index is 1.53. The third-order valence-electron chi connectivity index (χ3n) is 4.82. The molecule has 2 amide bonds. The second kappa shape index (κ2) is 6.32. The highest BCUT2D eigenvalue weighted by Gasteiger charge is 2.51. The molecule has 1 aromatic heterocycles. The van der Waals surface area contributed by atoms with Gasteiger partial charge in [0.05, 0.1) is 5.02 Å². The minimum atomic E-state index is -0.718. The van der Waals surface area contributed by atoms with Gasteiger partial charge in [-0.05, 0) is 42.7 Å². The number of carbonyl (C=O) groups is 2. The monoisotopic (exact) mass is 437 g/mol. The van der Waals surface area contributed by atoms with E-state index in [1.807, 2.05) is 12.1 Å². The summed E-state index contributed by atoms with van der Waals surface area (Å²) in [5, 5.41) is 2.54. The quantitative estimate of drug-likeness (QED) is 0.794. The van der Waals surface area contributed by atoms with E-state index in [4.69, 9.17) is 11.6 Å². The van der Waals surface area contributed by atoms with E-state index >= 15 is 0 Å². The van der Waals surface area contributed by atoms with Crippen LogP contribution in [0.4, 0.5) is 10.2 Å². The maximum absolute atomic E-state index is 13.8. The fourth-order valence-electron chi connectivity index (χ4n) is 3.39. The predicted octanol–water partition coefficient (Wildman–Crippen LogP) is 3.76. The van der Waals surface area contributed by atoms with Crippen molar-refractivity contribution in [1.82, 2.24) is 9.88 Å². The molecule has 1 aliphatic heterocycles. The van der Waals surface area contributed by atoms with Crippen LogP contribution >= 0.6 is 27.5 Å². The van der Waals surface area contributed by atoms with Crippen LogP contribution in [-0.2, 0) is 10.2 Å². The number of anilines is 1. The molecule has 1 N–H and O–H groups in total. The lowest BCUT2D eigenvalue weighted by molar-refractivity contribution is -0.117. The maximum Gasteiger partial charge on any atom is 0.254 e. The van der Waals surface area contributed by atoms with Gasteiger partial charge in [0.2, 0.25) is 5.91 Å². The molecule has 8 heteroatoms. The van der Waals surface area contributed by atoms with Gasteiger partial charge in [-0.15, -0.1) is 0 Å². The number of fused-ring (bicyclic) bond motifs is 2. The second-order valence-corrected chi connectivity index (χ2v) is 8.02. The van der Waals surface area contributed by atoms with Crippen LogP contribution in [-0.4, -0.2) is 34.8 Å². The molecule has 2 heterocycles. The van der Waals surface area contributed by atoms with Crippen LogP contribution in [0.25, 0.3) is 0 Å². The number of hydrogen-bond donors (Lipinski definition) is 1. The number of amides is 2. The number of rotatable bonds is 3. The third kappa shape index (κ3) is 3.10. The zero-order chi connectivity index (χ0) is 18.5. The van der Waals surface area contributed by atoms with Crippen LogP contribution in [0.5, 0.6) is 0 Å². The average molecular weight is 439 g/mol. The number of halogens is 3. The molecule has 5 nitrogen and oxygen atoms in total. The molecule has 4 rings (SSSR count). The summed E-state index contributed by atoms with van der Waals surface area (Å²) in [5.41, 5.74) is 1.59. The number of carbonyl (C=O) groups excluding carboxylic acids is 2. The van der Waals surface area contributed by atoms with Gasteiger partial charge in [-0.1, -0.05) is 27.5 Å². The standard InChI is InChI=1S/C18H14BrClFN3O2/c19-10-1-2-12-13(5-10)18(3-4-18)9-24(17(12)26)8-15(25)23-16-14(21)6-11(20)7-22-16/h1-2,5-7H,3-4,8-9H2,(H,22,23,25). The summed E-state index contributed by atoms with van der Waals surface area (Å²) in [5.74, 6) is -1.60. The Hall–Kier alpha value is -1.99. The molecule has 1 aromatic carbocycles. The number of benzene rings is 1. The molecule has 2 aromatic rings. The fourth-order valence-corrected chi connectivity index (χ4v) is 3.90. The van der Waals surface area contributed by atoms with Gasteiger partial charge in [0.15, 0.2) is 11.6 Å². The Kier molecular flexibility index (Phi) is 4.23. The van der Waals surface area contributed by atoms with Crippen molar-refractivity contribution in [3.63, 3.8) is 0 Å². The molecule has 1 fully saturated rings. The van der Waals surface area contributed by atoms with E-state index in [-0.39, 0.29) is 28.7 Å². The highest BCUT2D eigenvalue weighted by molar-refractivity contribution is 9.10. The van der Waals surface area contributed by atoms with Gasteiger partial charge in [-0.2, -0.15) is 0 Å². The van der Waals surface area contributed by atoms with Crippen molar-refractivity contribution in [2.45, 2.75) is 18.3 Å². The molecule has 0 unspecified atom stereocenters. The fraction of sp³-hybridized carbons (Fsp3) is 0.278. The van der Waals surface area contributed by atoms with Crippen LogP contribution in [0.3, 0.4) is 0 Å². The van der Waals surface area contributed by atoms with E-state index in [0.29, 0.717) is 12.1 Å². The van der Waals surface area contributed by atoms with Crippen molar-refractivity contribution in [1.29, 1.82) is 0 Å². The number of hydrogen-bond acceptors (Lipinski definition) is 3. The van der Waals surface area contributed by atoms with E-state index in [9.17, 15) is 14.0 Å². The molecule has 1 spiro atoms. The second-order valence-electron chi connectivity index (χ2n) is 6.66. The summed E-state index contributed by atoms with van der Waals surface area (Å²) < 4.78 is 14.7. The van der Waals surface area contributed by atoms with Crippen LogP contribution < -0.4 is 5.32 Å². The van der Waals surface area contributed by atoms with Crippen molar-refractivity contribution in [2.75, 3.05) is 18.4 Å². The zero-order valence-corrected chi connectivity index (χ0v) is 15.9. The van der Waals surface area contributed by atoms with Gasteiger partial charge < -0.3 is 10.2 Å². The topological polar surface area (TPSA) is 62.3 Å². The van der Waals surface area contributed by atoms with E-state index in [1.165, 1.54) is 11.1 Å². The van der Waals surface area contributed by atoms with Gasteiger partial charge in [0.25, 0.3) is 5.91 Å². The van der Waals surface area contributed by atoms with Gasteiger partial charge in [-0.25, -0.2) is 9.37 Å². The Morgan fingerprint density at radius 3 is 2.85 bits per heavy atom. The molecule has 2 aliphatic rings. The Labute approximate surface area is 162 Å². The molecular formula is C18H14BrClFN3O2. The Morgan fingerprint density at radius 2 is 2.15 bits per heavy atom. The number of nitrogens with zero attached hydrogens (tertiary/aromatic N) is 2. The normalized spacial score (nSPS) is 17.2. The van der Waals surface area contributed by atoms with Crippen molar-refractivity contribution >= 4 is 45.2 Å². The molecule has 134 valence electrons. The van der Waals surface area contributed by atoms with Crippen molar-refractivity contribution in [2.24, 2.45) is 0 Å². The highest BCUT2D eigenvalue weighted by atomic mass is 79.9. The predicted molar refractivity (Wildman–Crippen MR) is 98.8 cm³/mol. The van der Waals surface area contributed by atoms with Gasteiger partial charge in [-0.3, -0.25) is 9.59 Å². The first-order valence-electron chi connectivity index (χ1n) is 8.08. The minimum Gasteiger partial charge on any atom is -0.328 e. The largest absolute Gasteiger partial charge is 0.328 e. The lowest BCUT2D eigenvalue weighted by atomic mass is 9.86. The molecule has 26 heavy (non-hydrogen) atoms. The van der Waals surface area contributed by atoms with Crippen LogP contribution in [0.2, 0.25) is 5.02 Å². The molecule has 1 saturated carbocycles. The smallest absolute Gasteiger partial charge is 0.254 e. The summed E-state index contributed by atoms with van der Waals surface area (Å²) in [6.07, 6.45) is 3.21. The summed E-state index contributed by atoms with van der Waals surface area (Å²) in [4.78, 5) is 30.4. The molecular weight excluding hydrogens is 425 g/mol. The van der Waals surface area contributed by atoms with Crippen LogP contribution in [0.15, 0.2) is 34.9 Å². The van der Waals surface area contributed by atoms with Crippen molar-refractivity contribution in [3.05, 3.63) is 56.9 Å². The van der Waals surface area contributed by atoms with Gasteiger partial charge in [0, 0.05) is 28.2 Å². The van der Waals surface area contributed by atoms with Crippen molar-refractivity contribution < 1.29 is 14.0 Å². The van der Waals surface area contributed by atoms with E-state index < -0.39 is 11.7 Å². The van der Waals surface area contributed by atoms with Gasteiger partial charge in [0.1, 0.15) is 6.54 Å². The lowest BCUT2D eigenvalue weighted by Gasteiger charge is -2.34. The van der Waals surface area contributed by atoms with Crippen molar-refractivity contribution in [3.8, 4) is 0 Å². The molecule has 1 aliphatic carbocycles. The first kappa shape index (κ1) is 17.4. The SMILES string of the molecule is O=C(CN1CC2(CC2)c2cc(Br)ccc2C1=O)Nc1ncc(Cl)cc1F. The molecule has 0 saturated heterocycles. The minimum absolute atomic E-state index is 0.0723. The van der Waals surface area contributed by atoms with E-state index in [2.05, 4.69) is 26.2 Å². The molecule has 0 bridgehead atoms. The van der Waals surface area contributed by atoms with Crippen LogP contribution in [0.1, 0.15) is 28.8 Å². The number of nitrogens with one attached hydrogen (secondary N) is 1. The summed E-state index contributed by atoms with van der Waals surface area (Å²) in [6, 6.07) is 6.67. The van der Waals surface area contributed by atoms with E-state index in [0.717, 1.165) is 28.9 Å². The zero-order valence-electron chi connectivity index (χ0n) is 13.6.